The molecule has 0 atom stereocenters. The molecule has 0 bridgehead atoms. The number of hydrogen-bond acceptors (Lipinski definition) is 2. The smallest absolute Gasteiger partial charge is 0.0739 e. The van der Waals surface area contributed by atoms with Gasteiger partial charge in [-0.05, 0) is 40.9 Å². The number of nitrogens with zero attached hydrogens (tertiary/aromatic N) is 2. The van der Waals surface area contributed by atoms with Crippen LogP contribution >= 0.6 is 15.9 Å². The topological polar surface area (TPSA) is 29.9 Å². The molecule has 2 aromatic rings. The van der Waals surface area contributed by atoms with Crippen molar-refractivity contribution in [2.45, 2.75) is 33.2 Å². The van der Waals surface area contributed by atoms with Crippen LogP contribution in [0.5, 0.6) is 0 Å². The quantitative estimate of drug-likeness (QED) is 0.900. The molecule has 102 valence electrons. The fraction of sp³-hybridized carbons (Fsp3) is 0.400. The average Bonchev–Trinajstić information content (AvgIpc) is 2.63. The van der Waals surface area contributed by atoms with Gasteiger partial charge in [0.2, 0.25) is 0 Å². The highest BCUT2D eigenvalue weighted by Gasteiger charge is 2.10. The van der Waals surface area contributed by atoms with Gasteiger partial charge < -0.3 is 5.32 Å². The van der Waals surface area contributed by atoms with Crippen LogP contribution in [0, 0.1) is 6.92 Å². The number of para-hydroxylation sites is 1. The molecule has 2 rings (SSSR count). The van der Waals surface area contributed by atoms with Gasteiger partial charge in [-0.3, -0.25) is 4.68 Å². The number of benzene rings is 1. The Balaban J connectivity index is 2.14. The van der Waals surface area contributed by atoms with E-state index in [-0.39, 0.29) is 0 Å². The van der Waals surface area contributed by atoms with E-state index in [0.717, 1.165) is 29.6 Å². The summed E-state index contributed by atoms with van der Waals surface area (Å²) < 4.78 is 3.02. The SMILES string of the molecule is CCCc1ccccc1NCc1c(Br)c(C)nn1C. The van der Waals surface area contributed by atoms with E-state index in [2.05, 4.69) is 57.5 Å². The first kappa shape index (κ1) is 14.1. The zero-order valence-corrected chi connectivity index (χ0v) is 13.3. The van der Waals surface area contributed by atoms with E-state index < -0.39 is 0 Å². The number of halogens is 1. The van der Waals surface area contributed by atoms with Crippen LogP contribution in [0.15, 0.2) is 28.7 Å². The number of anilines is 1. The number of hydrogen-bond donors (Lipinski definition) is 1. The number of aryl methyl sites for hydroxylation is 3. The molecule has 0 aliphatic carbocycles. The number of rotatable bonds is 5. The molecule has 1 aromatic heterocycles. The molecule has 0 unspecified atom stereocenters. The summed E-state index contributed by atoms with van der Waals surface area (Å²) in [6.45, 7) is 5.00. The van der Waals surface area contributed by atoms with Gasteiger partial charge in [-0.15, -0.1) is 0 Å². The van der Waals surface area contributed by atoms with Crippen LogP contribution < -0.4 is 5.32 Å². The first-order chi connectivity index (χ1) is 9.13. The van der Waals surface area contributed by atoms with E-state index in [0.29, 0.717) is 0 Å². The Bertz CT molecular complexity index is 561. The van der Waals surface area contributed by atoms with Crippen molar-refractivity contribution < 1.29 is 0 Å². The lowest BCUT2D eigenvalue weighted by Gasteiger charge is -2.12. The summed E-state index contributed by atoms with van der Waals surface area (Å²) >= 11 is 3.60. The number of nitrogens with one attached hydrogen (secondary N) is 1. The Labute approximate surface area is 123 Å². The van der Waals surface area contributed by atoms with Gasteiger partial charge in [-0.25, -0.2) is 0 Å². The summed E-state index contributed by atoms with van der Waals surface area (Å²) in [5, 5.41) is 7.93. The van der Waals surface area contributed by atoms with E-state index in [4.69, 9.17) is 0 Å². The standard InChI is InChI=1S/C15H20BrN3/c1-4-7-12-8-5-6-9-13(12)17-10-14-15(16)11(2)18-19(14)3/h5-6,8-9,17H,4,7,10H2,1-3H3. The van der Waals surface area contributed by atoms with Gasteiger partial charge in [0.25, 0.3) is 0 Å². The molecule has 1 N–H and O–H groups in total. The highest BCUT2D eigenvalue weighted by atomic mass is 79.9. The average molecular weight is 322 g/mol. The molecular formula is C15H20BrN3. The van der Waals surface area contributed by atoms with Crippen LogP contribution in [0.1, 0.15) is 30.3 Å². The maximum atomic E-state index is 4.41. The monoisotopic (exact) mass is 321 g/mol. The molecular weight excluding hydrogens is 302 g/mol. The zero-order chi connectivity index (χ0) is 13.8. The molecule has 0 fully saturated rings. The van der Waals surface area contributed by atoms with Crippen molar-refractivity contribution in [1.29, 1.82) is 0 Å². The Morgan fingerprint density at radius 3 is 2.68 bits per heavy atom. The van der Waals surface area contributed by atoms with Gasteiger partial charge in [0, 0.05) is 12.7 Å². The van der Waals surface area contributed by atoms with Gasteiger partial charge >= 0.3 is 0 Å². The van der Waals surface area contributed by atoms with Gasteiger partial charge in [-0.1, -0.05) is 31.5 Å². The second-order valence-electron chi connectivity index (χ2n) is 4.73. The predicted octanol–water partition coefficient (Wildman–Crippen LogP) is 4.06. The Morgan fingerprint density at radius 1 is 1.32 bits per heavy atom. The van der Waals surface area contributed by atoms with Crippen LogP contribution in [0.4, 0.5) is 5.69 Å². The third-order valence-electron chi connectivity index (χ3n) is 3.24. The van der Waals surface area contributed by atoms with E-state index in [1.54, 1.807) is 0 Å². The van der Waals surface area contributed by atoms with Crippen molar-refractivity contribution in [1.82, 2.24) is 9.78 Å². The first-order valence-corrected chi connectivity index (χ1v) is 7.42. The van der Waals surface area contributed by atoms with Crippen LogP contribution in [0.2, 0.25) is 0 Å². The summed E-state index contributed by atoms with van der Waals surface area (Å²) in [6, 6.07) is 8.50. The van der Waals surface area contributed by atoms with E-state index in [9.17, 15) is 0 Å². The summed E-state index contributed by atoms with van der Waals surface area (Å²) in [4.78, 5) is 0. The van der Waals surface area contributed by atoms with E-state index >= 15 is 0 Å². The third kappa shape index (κ3) is 3.18. The van der Waals surface area contributed by atoms with Gasteiger partial charge in [-0.2, -0.15) is 5.10 Å². The van der Waals surface area contributed by atoms with Crippen LogP contribution in [-0.4, -0.2) is 9.78 Å². The maximum absolute atomic E-state index is 4.41. The largest absolute Gasteiger partial charge is 0.379 e. The molecule has 0 aliphatic rings. The molecule has 1 aromatic carbocycles. The predicted molar refractivity (Wildman–Crippen MR) is 83.4 cm³/mol. The molecule has 0 saturated carbocycles. The summed E-state index contributed by atoms with van der Waals surface area (Å²) in [5.41, 5.74) is 4.79. The van der Waals surface area contributed by atoms with Crippen LogP contribution in [0.25, 0.3) is 0 Å². The van der Waals surface area contributed by atoms with E-state index in [1.807, 2.05) is 18.7 Å². The van der Waals surface area contributed by atoms with Crippen molar-refractivity contribution in [3.05, 3.63) is 45.7 Å². The minimum atomic E-state index is 0.776. The van der Waals surface area contributed by atoms with Gasteiger partial charge in [0.1, 0.15) is 0 Å². The molecule has 3 nitrogen and oxygen atoms in total. The lowest BCUT2D eigenvalue weighted by molar-refractivity contribution is 0.712. The fourth-order valence-corrected chi connectivity index (χ4v) is 2.71. The molecule has 1 heterocycles. The molecule has 19 heavy (non-hydrogen) atoms. The van der Waals surface area contributed by atoms with Crippen molar-refractivity contribution in [2.24, 2.45) is 7.05 Å². The molecule has 0 amide bonds. The summed E-state index contributed by atoms with van der Waals surface area (Å²) in [6.07, 6.45) is 2.27. The van der Waals surface area contributed by atoms with E-state index in [1.165, 1.54) is 16.9 Å². The Morgan fingerprint density at radius 2 is 2.05 bits per heavy atom. The summed E-state index contributed by atoms with van der Waals surface area (Å²) in [5.74, 6) is 0. The minimum Gasteiger partial charge on any atom is -0.379 e. The van der Waals surface area contributed by atoms with Crippen molar-refractivity contribution in [3.8, 4) is 0 Å². The minimum absolute atomic E-state index is 0.776. The fourth-order valence-electron chi connectivity index (χ4n) is 2.23. The number of aromatic nitrogens is 2. The highest BCUT2D eigenvalue weighted by Crippen LogP contribution is 2.23. The molecule has 0 radical (unpaired) electrons. The molecule has 4 heteroatoms. The highest BCUT2D eigenvalue weighted by molar-refractivity contribution is 9.10. The van der Waals surface area contributed by atoms with Crippen molar-refractivity contribution in [3.63, 3.8) is 0 Å². The molecule has 0 spiro atoms. The van der Waals surface area contributed by atoms with Crippen molar-refractivity contribution in [2.75, 3.05) is 5.32 Å². The molecule has 0 saturated heterocycles. The van der Waals surface area contributed by atoms with Crippen molar-refractivity contribution >= 4 is 21.6 Å². The lowest BCUT2D eigenvalue weighted by atomic mass is 10.1. The Kier molecular flexibility index (Phi) is 4.64. The maximum Gasteiger partial charge on any atom is 0.0739 e. The van der Waals surface area contributed by atoms with Gasteiger partial charge in [0.05, 0.1) is 22.4 Å². The van der Waals surface area contributed by atoms with Crippen LogP contribution in [-0.2, 0) is 20.0 Å². The zero-order valence-electron chi connectivity index (χ0n) is 11.7. The first-order valence-electron chi connectivity index (χ1n) is 6.63. The Hall–Kier alpha value is -1.29. The summed E-state index contributed by atoms with van der Waals surface area (Å²) in [7, 11) is 1.98. The molecule has 0 aliphatic heterocycles. The second-order valence-corrected chi connectivity index (χ2v) is 5.52. The lowest BCUT2D eigenvalue weighted by Crippen LogP contribution is -2.07. The van der Waals surface area contributed by atoms with Gasteiger partial charge in [0.15, 0.2) is 0 Å². The van der Waals surface area contributed by atoms with Crippen LogP contribution in [0.3, 0.4) is 0 Å². The third-order valence-corrected chi connectivity index (χ3v) is 4.28. The second kappa shape index (κ2) is 6.24. The normalized spacial score (nSPS) is 10.7.